The van der Waals surface area contributed by atoms with Crippen molar-refractivity contribution in [2.24, 2.45) is 0 Å². The number of piperidine rings is 1. The summed E-state index contributed by atoms with van der Waals surface area (Å²) in [4.78, 5) is 19.8. The van der Waals surface area contributed by atoms with Crippen molar-refractivity contribution in [1.29, 1.82) is 0 Å². The van der Waals surface area contributed by atoms with Gasteiger partial charge in [0.1, 0.15) is 12.4 Å². The van der Waals surface area contributed by atoms with E-state index in [1.807, 2.05) is 53.9 Å². The van der Waals surface area contributed by atoms with Crippen LogP contribution in [0.25, 0.3) is 11.1 Å². The summed E-state index contributed by atoms with van der Waals surface area (Å²) in [6, 6.07) is 15.3. The average molecular weight is 501 g/mol. The molecule has 4 rings (SSSR count). The number of rotatable bonds is 6. The largest absolute Gasteiger partial charge is 0.365 e. The van der Waals surface area contributed by atoms with E-state index in [9.17, 15) is 4.79 Å². The van der Waals surface area contributed by atoms with Gasteiger partial charge in [0, 0.05) is 47.8 Å². The molecule has 2 heterocycles. The van der Waals surface area contributed by atoms with Crippen molar-refractivity contribution in [2.45, 2.75) is 18.8 Å². The smallest absolute Gasteiger partial charge is 0.275 e. The highest BCUT2D eigenvalue weighted by Gasteiger charge is 2.25. The number of para-hydroxylation sites is 1. The molecule has 1 aliphatic rings. The van der Waals surface area contributed by atoms with Crippen LogP contribution in [0, 0.1) is 0 Å². The van der Waals surface area contributed by atoms with Crippen LogP contribution in [-0.2, 0) is 4.74 Å². The van der Waals surface area contributed by atoms with E-state index in [2.05, 4.69) is 20.5 Å². The van der Waals surface area contributed by atoms with Gasteiger partial charge in [-0.15, -0.1) is 11.3 Å². The molecule has 2 N–H and O–H groups in total. The number of halogens is 1. The molecule has 172 valence electrons. The van der Waals surface area contributed by atoms with Gasteiger partial charge in [0.05, 0.1) is 5.01 Å². The van der Waals surface area contributed by atoms with Gasteiger partial charge < -0.3 is 20.3 Å². The van der Waals surface area contributed by atoms with E-state index in [-0.39, 0.29) is 5.91 Å². The summed E-state index contributed by atoms with van der Waals surface area (Å²) in [6.45, 7) is 2.12. The zero-order valence-electron chi connectivity index (χ0n) is 18.2. The van der Waals surface area contributed by atoms with E-state index in [1.54, 1.807) is 18.4 Å². The van der Waals surface area contributed by atoms with Crippen LogP contribution in [0.1, 0.15) is 34.3 Å². The van der Waals surface area contributed by atoms with Gasteiger partial charge in [-0.3, -0.25) is 4.79 Å². The molecule has 1 amide bonds. The molecule has 3 aromatic rings. The minimum absolute atomic E-state index is 0.207. The van der Waals surface area contributed by atoms with E-state index >= 15 is 0 Å². The Balaban J connectivity index is 1.40. The standard InChI is InChI=1S/C24H25ClN4O2S2/c1-31-15-26-24(32)29-12-10-17(11-13-29)23-28-21(14-33-23)22(30)27-20-5-3-2-4-19(20)16-6-8-18(25)9-7-16/h2-9,14,17H,10-13,15H2,1H3,(H,26,32)(H,27,30). The Labute approximate surface area is 207 Å². The summed E-state index contributed by atoms with van der Waals surface area (Å²) in [6.07, 6.45) is 1.89. The molecule has 1 fully saturated rings. The van der Waals surface area contributed by atoms with Crippen LogP contribution in [0.5, 0.6) is 0 Å². The number of aromatic nitrogens is 1. The molecule has 1 aromatic heterocycles. The predicted molar refractivity (Wildman–Crippen MR) is 138 cm³/mol. The fraction of sp³-hybridized carbons (Fsp3) is 0.292. The molecule has 1 saturated heterocycles. The number of likely N-dealkylation sites (tertiary alicyclic amines) is 1. The fourth-order valence-electron chi connectivity index (χ4n) is 3.81. The monoisotopic (exact) mass is 500 g/mol. The summed E-state index contributed by atoms with van der Waals surface area (Å²) in [5.41, 5.74) is 3.10. The minimum Gasteiger partial charge on any atom is -0.365 e. The van der Waals surface area contributed by atoms with Crippen molar-refractivity contribution in [2.75, 3.05) is 32.2 Å². The van der Waals surface area contributed by atoms with Crippen LogP contribution >= 0.6 is 35.2 Å². The Morgan fingerprint density at radius 3 is 2.67 bits per heavy atom. The summed E-state index contributed by atoms with van der Waals surface area (Å²) in [5.74, 6) is 0.126. The molecule has 0 spiro atoms. The Hall–Kier alpha value is -2.52. The lowest BCUT2D eigenvalue weighted by Gasteiger charge is -2.33. The Kier molecular flexibility index (Phi) is 7.93. The van der Waals surface area contributed by atoms with Crippen LogP contribution in [0.15, 0.2) is 53.9 Å². The summed E-state index contributed by atoms with van der Waals surface area (Å²) >= 11 is 13.0. The van der Waals surface area contributed by atoms with Crippen molar-refractivity contribution < 1.29 is 9.53 Å². The maximum atomic E-state index is 13.0. The van der Waals surface area contributed by atoms with E-state index in [4.69, 9.17) is 28.6 Å². The lowest BCUT2D eigenvalue weighted by Crippen LogP contribution is -2.44. The van der Waals surface area contributed by atoms with Gasteiger partial charge in [-0.05, 0) is 48.8 Å². The maximum Gasteiger partial charge on any atom is 0.275 e. The predicted octanol–water partition coefficient (Wildman–Crippen LogP) is 5.37. The Morgan fingerprint density at radius 1 is 1.21 bits per heavy atom. The van der Waals surface area contributed by atoms with Crippen molar-refractivity contribution in [1.82, 2.24) is 15.2 Å². The second-order valence-corrected chi connectivity index (χ2v) is 9.47. The summed E-state index contributed by atoms with van der Waals surface area (Å²) < 4.78 is 5.02. The van der Waals surface area contributed by atoms with Crippen molar-refractivity contribution >= 4 is 51.9 Å². The van der Waals surface area contributed by atoms with Gasteiger partial charge in [-0.2, -0.15) is 0 Å². The molecule has 0 unspecified atom stereocenters. The first kappa shape index (κ1) is 23.6. The van der Waals surface area contributed by atoms with Crippen molar-refractivity contribution in [3.8, 4) is 11.1 Å². The quantitative estimate of drug-likeness (QED) is 0.350. The number of anilines is 1. The normalized spacial score (nSPS) is 14.2. The number of methoxy groups -OCH3 is 1. The third-order valence-electron chi connectivity index (χ3n) is 5.58. The first-order valence-electron chi connectivity index (χ1n) is 10.7. The number of nitrogens with one attached hydrogen (secondary N) is 2. The zero-order valence-corrected chi connectivity index (χ0v) is 20.6. The molecule has 0 aliphatic carbocycles. The van der Waals surface area contributed by atoms with Gasteiger partial charge >= 0.3 is 0 Å². The highest BCUT2D eigenvalue weighted by molar-refractivity contribution is 7.80. The third kappa shape index (κ3) is 5.89. The number of amides is 1. The van der Waals surface area contributed by atoms with Gasteiger partial charge in [0.15, 0.2) is 5.11 Å². The minimum atomic E-state index is -0.207. The van der Waals surface area contributed by atoms with Crippen LogP contribution < -0.4 is 10.6 Å². The number of carbonyl (C=O) groups is 1. The first-order chi connectivity index (χ1) is 16.0. The molecule has 6 nitrogen and oxygen atoms in total. The SMILES string of the molecule is COCNC(=S)N1CCC(c2nc(C(=O)Nc3ccccc3-c3ccc(Cl)cc3)cs2)CC1. The van der Waals surface area contributed by atoms with E-state index in [0.717, 1.165) is 47.8 Å². The second kappa shape index (κ2) is 11.1. The maximum absolute atomic E-state index is 13.0. The van der Waals surface area contributed by atoms with Gasteiger partial charge in [0.25, 0.3) is 5.91 Å². The van der Waals surface area contributed by atoms with Crippen molar-refractivity contribution in [3.63, 3.8) is 0 Å². The number of hydrogen-bond donors (Lipinski definition) is 2. The molecular formula is C24H25ClN4O2S2. The third-order valence-corrected chi connectivity index (χ3v) is 7.25. The molecule has 2 aromatic carbocycles. The van der Waals surface area contributed by atoms with E-state index in [0.29, 0.717) is 28.5 Å². The van der Waals surface area contributed by atoms with Crippen LogP contribution in [0.4, 0.5) is 5.69 Å². The second-order valence-electron chi connectivity index (χ2n) is 7.75. The van der Waals surface area contributed by atoms with Gasteiger partial charge in [-0.25, -0.2) is 4.98 Å². The Morgan fingerprint density at radius 2 is 1.94 bits per heavy atom. The number of hydrogen-bond acceptors (Lipinski definition) is 5. The van der Waals surface area contributed by atoms with Crippen molar-refractivity contribution in [3.05, 3.63) is 69.6 Å². The molecule has 9 heteroatoms. The Bertz CT molecular complexity index is 1110. The number of ether oxygens (including phenoxy) is 1. The zero-order chi connectivity index (χ0) is 23.2. The number of benzene rings is 2. The highest BCUT2D eigenvalue weighted by Crippen LogP contribution is 2.32. The van der Waals surface area contributed by atoms with Crippen LogP contribution in [0.3, 0.4) is 0 Å². The number of thiocarbonyl (C=S) groups is 1. The first-order valence-corrected chi connectivity index (χ1v) is 12.3. The summed E-state index contributed by atoms with van der Waals surface area (Å²) in [7, 11) is 1.63. The number of carbonyl (C=O) groups excluding carboxylic acids is 1. The molecule has 0 saturated carbocycles. The lowest BCUT2D eigenvalue weighted by molar-refractivity contribution is 0.102. The van der Waals surface area contributed by atoms with Gasteiger partial charge in [-0.1, -0.05) is 41.9 Å². The van der Waals surface area contributed by atoms with Crippen LogP contribution in [0.2, 0.25) is 5.02 Å². The van der Waals surface area contributed by atoms with Gasteiger partial charge in [0.2, 0.25) is 0 Å². The van der Waals surface area contributed by atoms with Crippen LogP contribution in [-0.4, -0.2) is 47.8 Å². The fourth-order valence-corrected chi connectivity index (χ4v) is 5.15. The topological polar surface area (TPSA) is 66.5 Å². The number of nitrogens with zero attached hydrogens (tertiary/aromatic N) is 2. The highest BCUT2D eigenvalue weighted by atomic mass is 35.5. The molecule has 0 radical (unpaired) electrons. The molecule has 0 atom stereocenters. The molecule has 1 aliphatic heterocycles. The molecule has 0 bridgehead atoms. The lowest BCUT2D eigenvalue weighted by atomic mass is 9.98. The van der Waals surface area contributed by atoms with E-state index < -0.39 is 0 Å². The number of thiazole rings is 1. The van der Waals surface area contributed by atoms with E-state index in [1.165, 1.54) is 0 Å². The summed E-state index contributed by atoms with van der Waals surface area (Å²) in [5, 5.41) is 10.3. The average Bonchev–Trinajstić information content (AvgIpc) is 3.34. The molecular weight excluding hydrogens is 476 g/mol. The molecule has 33 heavy (non-hydrogen) atoms.